The maximum Gasteiger partial charge on any atom is 0.231 e. The lowest BCUT2D eigenvalue weighted by atomic mass is 10.1. The van der Waals surface area contributed by atoms with Crippen molar-refractivity contribution in [3.05, 3.63) is 64.9 Å². The van der Waals surface area contributed by atoms with Crippen LogP contribution in [0.3, 0.4) is 0 Å². The van der Waals surface area contributed by atoms with Gasteiger partial charge in [-0.3, -0.25) is 0 Å². The fourth-order valence-electron chi connectivity index (χ4n) is 3.41. The Morgan fingerprint density at radius 2 is 1.82 bits per heavy atom. The molecule has 0 atom stereocenters. The minimum Gasteiger partial charge on any atom is -0.454 e. The molecule has 140 valence electrons. The molecule has 0 bridgehead atoms. The maximum absolute atomic E-state index is 5.53. The Balaban J connectivity index is 1.72. The van der Waals surface area contributed by atoms with E-state index in [0.29, 0.717) is 6.61 Å². The van der Waals surface area contributed by atoms with E-state index in [-0.39, 0.29) is 6.79 Å². The summed E-state index contributed by atoms with van der Waals surface area (Å²) >= 11 is 3.49. The van der Waals surface area contributed by atoms with E-state index in [0.717, 1.165) is 49.7 Å². The summed E-state index contributed by atoms with van der Waals surface area (Å²) in [5.74, 6) is 1.49. The van der Waals surface area contributed by atoms with Crippen molar-refractivity contribution in [3.8, 4) is 33.9 Å². The van der Waals surface area contributed by atoms with Gasteiger partial charge in [-0.2, -0.15) is 5.10 Å². The topological polar surface area (TPSA) is 57.9 Å². The quantitative estimate of drug-likeness (QED) is 0.462. The number of nitrogens with zero attached hydrogens (tertiary/aromatic N) is 3. The predicted molar refractivity (Wildman–Crippen MR) is 108 cm³/mol. The highest BCUT2D eigenvalue weighted by Crippen LogP contribution is 2.37. The zero-order valence-electron chi connectivity index (χ0n) is 15.1. The van der Waals surface area contributed by atoms with E-state index < -0.39 is 0 Å². The summed E-state index contributed by atoms with van der Waals surface area (Å²) < 4.78 is 19.2. The van der Waals surface area contributed by atoms with Gasteiger partial charge in [-0.25, -0.2) is 9.50 Å². The molecule has 0 radical (unpaired) electrons. The van der Waals surface area contributed by atoms with Crippen LogP contribution in [0.2, 0.25) is 0 Å². The van der Waals surface area contributed by atoms with Crippen LogP contribution in [0.15, 0.2) is 59.2 Å². The molecule has 0 aliphatic carbocycles. The monoisotopic (exact) mass is 437 g/mol. The second-order valence-corrected chi connectivity index (χ2v) is 7.31. The third-order valence-corrected chi connectivity index (χ3v) is 5.20. The Morgan fingerprint density at radius 1 is 1.04 bits per heavy atom. The molecule has 0 saturated carbocycles. The van der Waals surface area contributed by atoms with Crippen molar-refractivity contribution in [2.24, 2.45) is 0 Å². The number of benzene rings is 2. The predicted octanol–water partition coefficient (Wildman–Crippen LogP) is 4.70. The van der Waals surface area contributed by atoms with Crippen LogP contribution < -0.4 is 9.47 Å². The van der Waals surface area contributed by atoms with Crippen molar-refractivity contribution in [1.82, 2.24) is 14.6 Å². The van der Waals surface area contributed by atoms with Crippen molar-refractivity contribution in [2.45, 2.75) is 6.61 Å². The summed E-state index contributed by atoms with van der Waals surface area (Å²) in [4.78, 5) is 4.62. The lowest BCUT2D eigenvalue weighted by molar-refractivity contribution is 0.174. The van der Waals surface area contributed by atoms with Gasteiger partial charge in [-0.15, -0.1) is 0 Å². The molecule has 5 rings (SSSR count). The molecule has 4 aromatic rings. The van der Waals surface area contributed by atoms with Crippen LogP contribution in [0.4, 0.5) is 0 Å². The normalized spacial score (nSPS) is 12.6. The number of rotatable bonds is 4. The number of ether oxygens (including phenoxy) is 3. The molecule has 7 heteroatoms. The molecule has 1 aliphatic rings. The van der Waals surface area contributed by atoms with Gasteiger partial charge >= 0.3 is 0 Å². The molecular formula is C21H16BrN3O3. The number of methoxy groups -OCH3 is 1. The fraction of sp³-hybridized carbons (Fsp3) is 0.143. The number of halogens is 1. The molecule has 2 aromatic carbocycles. The average Bonchev–Trinajstić information content (AvgIpc) is 3.32. The SMILES string of the molecule is COCc1nn2c(-c3ccc4c(c3)OCO4)ccnc2c1-c1ccc(Br)cc1. The van der Waals surface area contributed by atoms with Gasteiger partial charge in [0.25, 0.3) is 0 Å². The third kappa shape index (κ3) is 2.83. The first kappa shape index (κ1) is 17.2. The van der Waals surface area contributed by atoms with Crippen LogP contribution >= 0.6 is 15.9 Å². The van der Waals surface area contributed by atoms with Crippen molar-refractivity contribution >= 4 is 21.6 Å². The van der Waals surface area contributed by atoms with Crippen LogP contribution in [-0.2, 0) is 11.3 Å². The standard InChI is InChI=1S/C21H16BrN3O3/c1-26-11-16-20(13-2-5-15(22)6-3-13)21-23-9-8-17(25(21)24-16)14-4-7-18-19(10-14)28-12-27-18/h2-10H,11-12H2,1H3. The molecule has 2 aromatic heterocycles. The molecule has 28 heavy (non-hydrogen) atoms. The zero-order valence-corrected chi connectivity index (χ0v) is 16.6. The molecule has 0 unspecified atom stereocenters. The smallest absolute Gasteiger partial charge is 0.231 e. The molecule has 0 amide bonds. The Kier molecular flexibility index (Phi) is 4.26. The third-order valence-electron chi connectivity index (χ3n) is 4.67. The second-order valence-electron chi connectivity index (χ2n) is 6.40. The van der Waals surface area contributed by atoms with Crippen LogP contribution in [0.5, 0.6) is 11.5 Å². The molecule has 0 fully saturated rings. The maximum atomic E-state index is 5.53. The van der Waals surface area contributed by atoms with E-state index in [4.69, 9.17) is 19.3 Å². The summed E-state index contributed by atoms with van der Waals surface area (Å²) in [7, 11) is 1.67. The number of fused-ring (bicyclic) bond motifs is 2. The molecular weight excluding hydrogens is 422 g/mol. The second kappa shape index (κ2) is 6.92. The molecule has 0 saturated heterocycles. The largest absolute Gasteiger partial charge is 0.454 e. The van der Waals surface area contributed by atoms with E-state index in [2.05, 4.69) is 33.0 Å². The van der Waals surface area contributed by atoms with Gasteiger partial charge in [0.1, 0.15) is 0 Å². The zero-order chi connectivity index (χ0) is 19.1. The van der Waals surface area contributed by atoms with Gasteiger partial charge in [0, 0.05) is 23.3 Å². The Hall–Kier alpha value is -2.90. The highest BCUT2D eigenvalue weighted by Gasteiger charge is 2.20. The van der Waals surface area contributed by atoms with E-state index in [1.165, 1.54) is 0 Å². The summed E-state index contributed by atoms with van der Waals surface area (Å²) in [5.41, 5.74) is 5.53. The number of hydrogen-bond donors (Lipinski definition) is 0. The molecule has 3 heterocycles. The number of hydrogen-bond acceptors (Lipinski definition) is 5. The first-order chi connectivity index (χ1) is 13.7. The van der Waals surface area contributed by atoms with Crippen molar-refractivity contribution in [2.75, 3.05) is 13.9 Å². The fourth-order valence-corrected chi connectivity index (χ4v) is 3.68. The molecule has 6 nitrogen and oxygen atoms in total. The van der Waals surface area contributed by atoms with Crippen LogP contribution in [0.25, 0.3) is 28.0 Å². The number of aromatic nitrogens is 3. The summed E-state index contributed by atoms with van der Waals surface area (Å²) in [6, 6.07) is 15.9. The van der Waals surface area contributed by atoms with Crippen LogP contribution in [-0.4, -0.2) is 28.5 Å². The lowest BCUT2D eigenvalue weighted by Crippen LogP contribution is -1.96. The van der Waals surface area contributed by atoms with E-state index in [9.17, 15) is 0 Å². The Labute approximate surface area is 169 Å². The van der Waals surface area contributed by atoms with Gasteiger partial charge in [-0.1, -0.05) is 28.1 Å². The Morgan fingerprint density at radius 3 is 2.64 bits per heavy atom. The van der Waals surface area contributed by atoms with E-state index >= 15 is 0 Å². The minimum atomic E-state index is 0.248. The van der Waals surface area contributed by atoms with E-state index in [1.54, 1.807) is 13.3 Å². The highest BCUT2D eigenvalue weighted by molar-refractivity contribution is 9.10. The van der Waals surface area contributed by atoms with Crippen LogP contribution in [0, 0.1) is 0 Å². The van der Waals surface area contributed by atoms with Crippen molar-refractivity contribution in [3.63, 3.8) is 0 Å². The molecule has 0 N–H and O–H groups in total. The first-order valence-corrected chi connectivity index (χ1v) is 9.55. The van der Waals surface area contributed by atoms with Gasteiger partial charge in [-0.05, 0) is 42.0 Å². The van der Waals surface area contributed by atoms with Gasteiger partial charge < -0.3 is 14.2 Å². The van der Waals surface area contributed by atoms with Crippen LogP contribution in [0.1, 0.15) is 5.69 Å². The molecule has 1 aliphatic heterocycles. The van der Waals surface area contributed by atoms with Gasteiger partial charge in [0.15, 0.2) is 17.1 Å². The van der Waals surface area contributed by atoms with Crippen molar-refractivity contribution < 1.29 is 14.2 Å². The first-order valence-electron chi connectivity index (χ1n) is 8.76. The summed E-state index contributed by atoms with van der Waals surface area (Å²) in [5, 5.41) is 4.82. The average molecular weight is 438 g/mol. The lowest BCUT2D eigenvalue weighted by Gasteiger charge is -2.06. The summed E-state index contributed by atoms with van der Waals surface area (Å²) in [6.45, 7) is 0.646. The van der Waals surface area contributed by atoms with E-state index in [1.807, 2.05) is 40.9 Å². The Bertz CT molecular complexity index is 1170. The van der Waals surface area contributed by atoms with Gasteiger partial charge in [0.2, 0.25) is 6.79 Å². The van der Waals surface area contributed by atoms with Crippen molar-refractivity contribution in [1.29, 1.82) is 0 Å². The highest BCUT2D eigenvalue weighted by atomic mass is 79.9. The molecule has 0 spiro atoms. The van der Waals surface area contributed by atoms with Gasteiger partial charge in [0.05, 0.1) is 23.6 Å². The summed E-state index contributed by atoms with van der Waals surface area (Å²) in [6.07, 6.45) is 1.80. The minimum absolute atomic E-state index is 0.248.